The molecular formula is C15H15N3O. The summed E-state index contributed by atoms with van der Waals surface area (Å²) in [5, 5.41) is 9.20. The lowest BCUT2D eigenvalue weighted by Crippen LogP contribution is -2.12. The van der Waals surface area contributed by atoms with E-state index in [2.05, 4.69) is 6.07 Å². The number of anilines is 3. The first-order chi connectivity index (χ1) is 9.17. The van der Waals surface area contributed by atoms with Crippen LogP contribution < -0.4 is 15.4 Å². The van der Waals surface area contributed by atoms with Gasteiger partial charge in [0.15, 0.2) is 0 Å². The minimum absolute atomic E-state index is 0.536. The first kappa shape index (κ1) is 12.8. The molecule has 0 aliphatic heterocycles. The molecule has 0 radical (unpaired) electrons. The number of rotatable bonds is 3. The zero-order valence-electron chi connectivity index (χ0n) is 10.9. The van der Waals surface area contributed by atoms with Gasteiger partial charge in [0.05, 0.1) is 24.0 Å². The van der Waals surface area contributed by atoms with Crippen molar-refractivity contribution in [3.63, 3.8) is 0 Å². The van der Waals surface area contributed by atoms with E-state index in [-0.39, 0.29) is 0 Å². The maximum atomic E-state index is 9.20. The highest BCUT2D eigenvalue weighted by molar-refractivity contribution is 5.74. The van der Waals surface area contributed by atoms with Gasteiger partial charge in [-0.25, -0.2) is 0 Å². The van der Waals surface area contributed by atoms with Gasteiger partial charge in [-0.15, -0.1) is 0 Å². The van der Waals surface area contributed by atoms with Crippen LogP contribution in [0.5, 0.6) is 5.75 Å². The summed E-state index contributed by atoms with van der Waals surface area (Å²) in [6, 6.07) is 15.1. The standard InChI is InChI=1S/C15H15N3O/c1-18(14-5-3-4-6-15(14)19-2)13-8-7-12(17)9-11(13)10-16/h3-9H,17H2,1-2H3. The Labute approximate surface area is 112 Å². The van der Waals surface area contributed by atoms with Crippen molar-refractivity contribution in [1.29, 1.82) is 5.26 Å². The number of hydrogen-bond donors (Lipinski definition) is 1. The summed E-state index contributed by atoms with van der Waals surface area (Å²) in [5.41, 5.74) is 8.50. The average molecular weight is 253 g/mol. The second-order valence-electron chi connectivity index (χ2n) is 4.12. The van der Waals surface area contributed by atoms with Gasteiger partial charge in [-0.05, 0) is 30.3 Å². The normalized spacial score (nSPS) is 9.74. The van der Waals surface area contributed by atoms with Crippen LogP contribution in [0.4, 0.5) is 17.1 Å². The average Bonchev–Trinajstić information content (AvgIpc) is 2.46. The van der Waals surface area contributed by atoms with Gasteiger partial charge >= 0.3 is 0 Å². The Balaban J connectivity index is 2.50. The fourth-order valence-corrected chi connectivity index (χ4v) is 1.97. The number of nitrogen functional groups attached to an aromatic ring is 1. The van der Waals surface area contributed by atoms with Gasteiger partial charge in [0, 0.05) is 12.7 Å². The highest BCUT2D eigenvalue weighted by Gasteiger charge is 2.13. The summed E-state index contributed by atoms with van der Waals surface area (Å²) >= 11 is 0. The Bertz CT molecular complexity index is 632. The van der Waals surface area contributed by atoms with Gasteiger partial charge in [-0.1, -0.05) is 12.1 Å². The molecule has 0 amide bonds. The van der Waals surface area contributed by atoms with Gasteiger partial charge in [0.25, 0.3) is 0 Å². The summed E-state index contributed by atoms with van der Waals surface area (Å²) in [5.74, 6) is 0.755. The third-order valence-corrected chi connectivity index (χ3v) is 2.95. The van der Waals surface area contributed by atoms with E-state index < -0.39 is 0 Å². The number of nitrogens with two attached hydrogens (primary N) is 1. The maximum Gasteiger partial charge on any atom is 0.142 e. The van der Waals surface area contributed by atoms with Gasteiger partial charge < -0.3 is 15.4 Å². The molecular weight excluding hydrogens is 238 g/mol. The quantitative estimate of drug-likeness (QED) is 0.854. The van der Waals surface area contributed by atoms with Crippen LogP contribution in [0.3, 0.4) is 0 Å². The number of nitriles is 1. The molecule has 0 atom stereocenters. The Morgan fingerprint density at radius 3 is 2.58 bits per heavy atom. The molecule has 2 aromatic carbocycles. The second kappa shape index (κ2) is 5.32. The van der Waals surface area contributed by atoms with Crippen molar-refractivity contribution in [3.05, 3.63) is 48.0 Å². The predicted octanol–water partition coefficient (Wildman–Crippen LogP) is 2.92. The lowest BCUT2D eigenvalue weighted by Gasteiger charge is -2.22. The lowest BCUT2D eigenvalue weighted by molar-refractivity contribution is 0.415. The van der Waals surface area contributed by atoms with Crippen LogP contribution in [0, 0.1) is 11.3 Å². The molecule has 4 nitrogen and oxygen atoms in total. The lowest BCUT2D eigenvalue weighted by atomic mass is 10.1. The Hall–Kier alpha value is -2.67. The molecule has 0 aromatic heterocycles. The number of para-hydroxylation sites is 2. The van der Waals surface area contributed by atoms with Crippen molar-refractivity contribution in [1.82, 2.24) is 0 Å². The first-order valence-corrected chi connectivity index (χ1v) is 5.83. The zero-order valence-corrected chi connectivity index (χ0v) is 10.9. The van der Waals surface area contributed by atoms with Gasteiger partial charge in [-0.3, -0.25) is 0 Å². The third-order valence-electron chi connectivity index (χ3n) is 2.95. The Morgan fingerprint density at radius 1 is 1.16 bits per heavy atom. The molecule has 96 valence electrons. The van der Waals surface area contributed by atoms with E-state index >= 15 is 0 Å². The van der Waals surface area contributed by atoms with Crippen LogP contribution in [-0.2, 0) is 0 Å². The van der Waals surface area contributed by atoms with Crippen LogP contribution in [-0.4, -0.2) is 14.2 Å². The summed E-state index contributed by atoms with van der Waals surface area (Å²) in [6.45, 7) is 0. The molecule has 2 aromatic rings. The zero-order chi connectivity index (χ0) is 13.8. The monoisotopic (exact) mass is 253 g/mol. The molecule has 4 heteroatoms. The summed E-state index contributed by atoms with van der Waals surface area (Å²) in [4.78, 5) is 1.91. The van der Waals surface area contributed by atoms with Crippen molar-refractivity contribution in [2.75, 3.05) is 24.8 Å². The Morgan fingerprint density at radius 2 is 1.89 bits per heavy atom. The molecule has 2 N–H and O–H groups in total. The van der Waals surface area contributed by atoms with Crippen molar-refractivity contribution in [3.8, 4) is 11.8 Å². The number of benzene rings is 2. The second-order valence-corrected chi connectivity index (χ2v) is 4.12. The largest absolute Gasteiger partial charge is 0.495 e. The van der Waals surface area contributed by atoms with Gasteiger partial charge in [-0.2, -0.15) is 5.26 Å². The number of methoxy groups -OCH3 is 1. The van der Waals surface area contributed by atoms with E-state index in [0.29, 0.717) is 11.3 Å². The van der Waals surface area contributed by atoms with E-state index in [1.165, 1.54) is 0 Å². The van der Waals surface area contributed by atoms with Crippen molar-refractivity contribution in [2.45, 2.75) is 0 Å². The van der Waals surface area contributed by atoms with Crippen molar-refractivity contribution in [2.24, 2.45) is 0 Å². The van der Waals surface area contributed by atoms with E-state index in [1.54, 1.807) is 19.2 Å². The van der Waals surface area contributed by atoms with Crippen molar-refractivity contribution < 1.29 is 4.74 Å². The van der Waals surface area contributed by atoms with Crippen LogP contribution in [0.1, 0.15) is 5.56 Å². The molecule has 0 saturated carbocycles. The number of ether oxygens (including phenoxy) is 1. The number of nitrogens with zero attached hydrogens (tertiary/aromatic N) is 2. The molecule has 0 heterocycles. The topological polar surface area (TPSA) is 62.3 Å². The summed E-state index contributed by atoms with van der Waals surface area (Å²) < 4.78 is 5.34. The maximum absolute atomic E-state index is 9.20. The molecule has 0 fully saturated rings. The molecule has 19 heavy (non-hydrogen) atoms. The molecule has 0 spiro atoms. The van der Waals surface area contributed by atoms with Gasteiger partial charge in [0.2, 0.25) is 0 Å². The van der Waals surface area contributed by atoms with Crippen LogP contribution in [0.25, 0.3) is 0 Å². The fourth-order valence-electron chi connectivity index (χ4n) is 1.97. The third kappa shape index (κ3) is 2.45. The SMILES string of the molecule is COc1ccccc1N(C)c1ccc(N)cc1C#N. The molecule has 0 aliphatic carbocycles. The smallest absolute Gasteiger partial charge is 0.142 e. The van der Waals surface area contributed by atoms with Crippen LogP contribution >= 0.6 is 0 Å². The van der Waals surface area contributed by atoms with Crippen LogP contribution in [0.2, 0.25) is 0 Å². The fraction of sp³-hybridized carbons (Fsp3) is 0.133. The molecule has 2 rings (SSSR count). The minimum Gasteiger partial charge on any atom is -0.495 e. The highest BCUT2D eigenvalue weighted by atomic mass is 16.5. The molecule has 0 aliphatic rings. The molecule has 0 saturated heterocycles. The minimum atomic E-state index is 0.536. The summed E-state index contributed by atoms with van der Waals surface area (Å²) in [6.07, 6.45) is 0. The van der Waals surface area contributed by atoms with E-state index in [9.17, 15) is 5.26 Å². The van der Waals surface area contributed by atoms with Crippen LogP contribution in [0.15, 0.2) is 42.5 Å². The van der Waals surface area contributed by atoms with E-state index in [1.807, 2.05) is 42.3 Å². The van der Waals surface area contributed by atoms with E-state index in [4.69, 9.17) is 10.5 Å². The summed E-state index contributed by atoms with van der Waals surface area (Å²) in [7, 11) is 3.52. The number of hydrogen-bond acceptors (Lipinski definition) is 4. The van der Waals surface area contributed by atoms with Gasteiger partial charge in [0.1, 0.15) is 11.8 Å². The molecule has 0 unspecified atom stereocenters. The predicted molar refractivity (Wildman–Crippen MR) is 76.6 cm³/mol. The molecule has 0 bridgehead atoms. The van der Waals surface area contributed by atoms with Crippen molar-refractivity contribution >= 4 is 17.1 Å². The Kier molecular flexibility index (Phi) is 3.58. The highest BCUT2D eigenvalue weighted by Crippen LogP contribution is 2.34. The van der Waals surface area contributed by atoms with E-state index in [0.717, 1.165) is 17.1 Å². The first-order valence-electron chi connectivity index (χ1n) is 5.83.